The van der Waals surface area contributed by atoms with E-state index in [0.29, 0.717) is 29.0 Å². The van der Waals surface area contributed by atoms with Gasteiger partial charge in [0.1, 0.15) is 6.04 Å². The summed E-state index contributed by atoms with van der Waals surface area (Å²) < 4.78 is 33.0. The molecule has 41 heavy (non-hydrogen) atoms. The lowest BCUT2D eigenvalue weighted by Crippen LogP contribution is -2.49. The number of carbonyl (C=O) groups excluding carboxylic acids is 3. The molecule has 0 aliphatic rings. The van der Waals surface area contributed by atoms with Gasteiger partial charge in [-0.2, -0.15) is 0 Å². The van der Waals surface area contributed by atoms with Gasteiger partial charge in [0.2, 0.25) is 21.8 Å². The van der Waals surface area contributed by atoms with E-state index in [1.54, 1.807) is 54.6 Å². The first-order chi connectivity index (χ1) is 19.6. The fraction of sp³-hybridized carbons (Fsp3) is 0.345. The molecule has 2 aromatic rings. The van der Waals surface area contributed by atoms with Crippen molar-refractivity contribution in [2.24, 2.45) is 5.73 Å². The molecule has 2 amide bonds. The van der Waals surface area contributed by atoms with Gasteiger partial charge < -0.3 is 21.1 Å². The van der Waals surface area contributed by atoms with Crippen LogP contribution in [0.4, 0.5) is 0 Å². The third kappa shape index (κ3) is 12.7. The number of hydrogen-bond acceptors (Lipinski definition) is 7. The maximum Gasteiger partial charge on any atom is 0.309 e. The second kappa shape index (κ2) is 17.3. The van der Waals surface area contributed by atoms with E-state index >= 15 is 0 Å². The number of sulfonamides is 1. The van der Waals surface area contributed by atoms with Gasteiger partial charge in [-0.15, -0.1) is 0 Å². The molecule has 0 heterocycles. The Morgan fingerprint density at radius 2 is 1.78 bits per heavy atom. The van der Waals surface area contributed by atoms with Gasteiger partial charge in [-0.3, -0.25) is 14.4 Å². The number of rotatable bonds is 17. The standard InChI is InChI=1S/C29H37ClN4O6S/c1-3-4-5-6-7-8-26(34-41(38,39)20-22-11-9-21(10-12-22)15-28(36)40-2)29(37)33-19-27(35)32-18-24-16-25(30)14-13-23(24)17-31/h3-5,9-14,16,26,34H,1,6-8,15,17-20,31H2,2H3,(H,32,35)(H,33,37)/b5-4-. The van der Waals surface area contributed by atoms with Crippen LogP contribution in [0.25, 0.3) is 0 Å². The molecule has 2 rings (SSSR count). The van der Waals surface area contributed by atoms with Crippen LogP contribution >= 0.6 is 11.6 Å². The normalized spacial score (nSPS) is 12.1. The smallest absolute Gasteiger partial charge is 0.309 e. The van der Waals surface area contributed by atoms with Crippen molar-refractivity contribution in [1.29, 1.82) is 0 Å². The number of allylic oxidation sites excluding steroid dienone is 3. The fourth-order valence-electron chi connectivity index (χ4n) is 3.85. The Morgan fingerprint density at radius 1 is 1.07 bits per heavy atom. The summed E-state index contributed by atoms with van der Waals surface area (Å²) in [5.74, 6) is -1.84. The first-order valence-electron chi connectivity index (χ1n) is 13.0. The number of methoxy groups -OCH3 is 1. The number of amides is 2. The lowest BCUT2D eigenvalue weighted by Gasteiger charge is -2.18. The van der Waals surface area contributed by atoms with Crippen LogP contribution in [-0.4, -0.2) is 45.9 Å². The number of esters is 1. The van der Waals surface area contributed by atoms with Crippen molar-refractivity contribution in [1.82, 2.24) is 15.4 Å². The van der Waals surface area contributed by atoms with Crippen molar-refractivity contribution in [2.45, 2.75) is 50.6 Å². The molecule has 0 aliphatic heterocycles. The number of halogens is 1. The molecule has 0 bridgehead atoms. The molecule has 0 saturated carbocycles. The Bertz CT molecular complexity index is 1330. The summed E-state index contributed by atoms with van der Waals surface area (Å²) in [6, 6.07) is 10.6. The monoisotopic (exact) mass is 604 g/mol. The summed E-state index contributed by atoms with van der Waals surface area (Å²) >= 11 is 6.04. The Kier molecular flexibility index (Phi) is 14.2. The molecule has 5 N–H and O–H groups in total. The zero-order valence-corrected chi connectivity index (χ0v) is 24.6. The van der Waals surface area contributed by atoms with Gasteiger partial charge in [-0.25, -0.2) is 13.1 Å². The van der Waals surface area contributed by atoms with E-state index in [0.717, 1.165) is 11.1 Å². The minimum absolute atomic E-state index is 0.0746. The lowest BCUT2D eigenvalue weighted by molar-refractivity contribution is -0.139. The van der Waals surface area contributed by atoms with Gasteiger partial charge in [0.25, 0.3) is 0 Å². The van der Waals surface area contributed by atoms with Crippen LogP contribution in [-0.2, 0) is 54.4 Å². The Morgan fingerprint density at radius 3 is 2.44 bits per heavy atom. The van der Waals surface area contributed by atoms with Crippen molar-refractivity contribution in [2.75, 3.05) is 13.7 Å². The maximum atomic E-state index is 13.0. The molecule has 1 atom stereocenters. The van der Waals surface area contributed by atoms with E-state index in [4.69, 9.17) is 17.3 Å². The molecule has 0 fully saturated rings. The highest BCUT2D eigenvalue weighted by Gasteiger charge is 2.25. The minimum Gasteiger partial charge on any atom is -0.469 e. The predicted molar refractivity (Wildman–Crippen MR) is 159 cm³/mol. The van der Waals surface area contributed by atoms with Gasteiger partial charge in [0, 0.05) is 18.1 Å². The van der Waals surface area contributed by atoms with Crippen LogP contribution in [0.15, 0.2) is 67.3 Å². The van der Waals surface area contributed by atoms with Crippen molar-refractivity contribution in [3.8, 4) is 0 Å². The van der Waals surface area contributed by atoms with Crippen LogP contribution in [0.3, 0.4) is 0 Å². The summed E-state index contributed by atoms with van der Waals surface area (Å²) in [5, 5.41) is 5.74. The summed E-state index contributed by atoms with van der Waals surface area (Å²) in [7, 11) is -2.63. The first-order valence-corrected chi connectivity index (χ1v) is 15.0. The molecule has 12 heteroatoms. The molecule has 0 aromatic heterocycles. The van der Waals surface area contributed by atoms with Crippen LogP contribution in [0.2, 0.25) is 5.02 Å². The Labute approximate surface area is 246 Å². The minimum atomic E-state index is -3.92. The third-order valence-electron chi connectivity index (χ3n) is 6.02. The molecule has 0 radical (unpaired) electrons. The maximum absolute atomic E-state index is 13.0. The number of ether oxygens (including phenoxy) is 1. The quantitative estimate of drug-likeness (QED) is 0.123. The average Bonchev–Trinajstić information content (AvgIpc) is 2.94. The summed E-state index contributed by atoms with van der Waals surface area (Å²) in [6.45, 7) is 3.72. The predicted octanol–water partition coefficient (Wildman–Crippen LogP) is 2.65. The Balaban J connectivity index is 2.00. The second-order valence-corrected chi connectivity index (χ2v) is 11.4. The molecule has 222 valence electrons. The van der Waals surface area contributed by atoms with Gasteiger partial charge in [0.05, 0.1) is 25.8 Å². The van der Waals surface area contributed by atoms with Crippen LogP contribution in [0.5, 0.6) is 0 Å². The molecule has 0 saturated heterocycles. The molecule has 1 unspecified atom stereocenters. The number of nitrogens with two attached hydrogens (primary N) is 1. The molecule has 2 aromatic carbocycles. The van der Waals surface area contributed by atoms with E-state index in [1.807, 2.05) is 6.08 Å². The zero-order chi connectivity index (χ0) is 30.3. The van der Waals surface area contributed by atoms with Crippen molar-refractivity contribution in [3.05, 3.63) is 94.5 Å². The fourth-order valence-corrected chi connectivity index (χ4v) is 5.42. The van der Waals surface area contributed by atoms with Crippen LogP contribution in [0.1, 0.15) is 41.5 Å². The van der Waals surface area contributed by atoms with E-state index in [2.05, 4.69) is 26.7 Å². The van der Waals surface area contributed by atoms with Crippen molar-refractivity contribution in [3.63, 3.8) is 0 Å². The summed E-state index contributed by atoms with van der Waals surface area (Å²) in [5.41, 5.74) is 8.50. The summed E-state index contributed by atoms with van der Waals surface area (Å²) in [4.78, 5) is 36.8. The van der Waals surface area contributed by atoms with E-state index in [-0.39, 0.29) is 38.2 Å². The van der Waals surface area contributed by atoms with Crippen molar-refractivity contribution >= 4 is 39.4 Å². The number of carbonyl (C=O) groups is 3. The van der Waals surface area contributed by atoms with E-state index < -0.39 is 33.8 Å². The molecular formula is C29H37ClN4O6S. The van der Waals surface area contributed by atoms with Gasteiger partial charge >= 0.3 is 5.97 Å². The molecule has 0 aliphatic carbocycles. The number of unbranched alkanes of at least 4 members (excludes halogenated alkanes) is 1. The lowest BCUT2D eigenvalue weighted by atomic mass is 10.1. The Hall–Kier alpha value is -3.51. The highest BCUT2D eigenvalue weighted by molar-refractivity contribution is 7.88. The topological polar surface area (TPSA) is 157 Å². The largest absolute Gasteiger partial charge is 0.469 e. The average molecular weight is 605 g/mol. The van der Waals surface area contributed by atoms with Gasteiger partial charge in [-0.05, 0) is 53.6 Å². The number of benzene rings is 2. The zero-order valence-electron chi connectivity index (χ0n) is 23.0. The van der Waals surface area contributed by atoms with Crippen molar-refractivity contribution < 1.29 is 27.5 Å². The van der Waals surface area contributed by atoms with E-state index in [1.165, 1.54) is 7.11 Å². The van der Waals surface area contributed by atoms with Gasteiger partial charge in [0.15, 0.2) is 0 Å². The molecule has 10 nitrogen and oxygen atoms in total. The number of nitrogens with one attached hydrogen (secondary N) is 3. The first kappa shape index (κ1) is 33.7. The third-order valence-corrected chi connectivity index (χ3v) is 7.61. The highest BCUT2D eigenvalue weighted by atomic mass is 35.5. The second-order valence-electron chi connectivity index (χ2n) is 9.21. The summed E-state index contributed by atoms with van der Waals surface area (Å²) in [6.07, 6.45) is 6.69. The van der Waals surface area contributed by atoms with Gasteiger partial charge in [-0.1, -0.05) is 66.7 Å². The molecular weight excluding hydrogens is 568 g/mol. The van der Waals surface area contributed by atoms with E-state index in [9.17, 15) is 22.8 Å². The number of hydrogen-bond donors (Lipinski definition) is 4. The highest BCUT2D eigenvalue weighted by Crippen LogP contribution is 2.16. The van der Waals surface area contributed by atoms with Crippen LogP contribution < -0.4 is 21.1 Å². The molecule has 0 spiro atoms. The van der Waals surface area contributed by atoms with Crippen LogP contribution in [0, 0.1) is 0 Å². The SMILES string of the molecule is C=C/C=C\CCCC(NS(=O)(=O)Cc1ccc(CC(=O)OC)cc1)C(=O)NCC(=O)NCc1cc(Cl)ccc1CN.